The van der Waals surface area contributed by atoms with Crippen LogP contribution in [0.25, 0.3) is 0 Å². The van der Waals surface area contributed by atoms with Gasteiger partial charge in [0.15, 0.2) is 0 Å². The maximum Gasteiger partial charge on any atom is 0.312 e. The fourth-order valence-corrected chi connectivity index (χ4v) is 1.18. The summed E-state index contributed by atoms with van der Waals surface area (Å²) in [6, 6.07) is 9.87. The van der Waals surface area contributed by atoms with Gasteiger partial charge in [0.2, 0.25) is 0 Å². The van der Waals surface area contributed by atoms with Crippen LogP contribution < -0.4 is 11.2 Å². The molecular weight excluding hydrogens is 216 g/mol. The smallest absolute Gasteiger partial charge is 0.312 e. The molecule has 3 N–H and O–H groups in total. The van der Waals surface area contributed by atoms with Crippen LogP contribution in [0, 0.1) is 0 Å². The lowest BCUT2D eigenvalue weighted by molar-refractivity contribution is -0.135. The van der Waals surface area contributed by atoms with Gasteiger partial charge in [-0.1, -0.05) is 30.3 Å². The molecule has 0 fully saturated rings. The highest BCUT2D eigenvalue weighted by Gasteiger charge is 2.02. The highest BCUT2D eigenvalue weighted by molar-refractivity contribution is 5.85. The van der Waals surface area contributed by atoms with E-state index in [0.717, 1.165) is 6.42 Å². The first-order valence-corrected chi connectivity index (χ1v) is 4.44. The SMILES string of the molecule is Cl.NC(CNOC=O)Cc1ccccc1. The molecule has 0 bridgehead atoms. The summed E-state index contributed by atoms with van der Waals surface area (Å²) >= 11 is 0. The summed E-state index contributed by atoms with van der Waals surface area (Å²) in [7, 11) is 0. The maximum atomic E-state index is 9.82. The highest BCUT2D eigenvalue weighted by Crippen LogP contribution is 2.00. The number of rotatable bonds is 6. The molecule has 1 atom stereocenters. The molecule has 1 aromatic carbocycles. The number of hydrogen-bond donors (Lipinski definition) is 2. The van der Waals surface area contributed by atoms with Crippen molar-refractivity contribution in [3.63, 3.8) is 0 Å². The van der Waals surface area contributed by atoms with Crippen molar-refractivity contribution in [2.45, 2.75) is 12.5 Å². The molecule has 1 aromatic rings. The molecule has 1 unspecified atom stereocenters. The Morgan fingerprint density at radius 3 is 2.67 bits per heavy atom. The van der Waals surface area contributed by atoms with Crippen LogP contribution in [0.4, 0.5) is 0 Å². The van der Waals surface area contributed by atoms with Gasteiger partial charge in [-0.2, -0.15) is 5.48 Å². The van der Waals surface area contributed by atoms with Crippen LogP contribution >= 0.6 is 12.4 Å². The number of carbonyl (C=O) groups is 1. The van der Waals surface area contributed by atoms with Crippen molar-refractivity contribution in [1.29, 1.82) is 0 Å². The fourth-order valence-electron chi connectivity index (χ4n) is 1.18. The first-order chi connectivity index (χ1) is 6.83. The molecule has 0 saturated heterocycles. The largest absolute Gasteiger partial charge is 0.374 e. The summed E-state index contributed by atoms with van der Waals surface area (Å²) in [6.45, 7) is 0.795. The molecule has 5 heteroatoms. The maximum absolute atomic E-state index is 9.82. The molecule has 0 saturated carbocycles. The fraction of sp³-hybridized carbons (Fsp3) is 0.300. The average molecular weight is 231 g/mol. The van der Waals surface area contributed by atoms with Crippen LogP contribution in [0.1, 0.15) is 5.56 Å². The van der Waals surface area contributed by atoms with Crippen molar-refractivity contribution in [2.24, 2.45) is 5.73 Å². The summed E-state index contributed by atoms with van der Waals surface area (Å²) in [4.78, 5) is 14.2. The minimum absolute atomic E-state index is 0. The van der Waals surface area contributed by atoms with Gasteiger partial charge >= 0.3 is 6.47 Å². The van der Waals surface area contributed by atoms with E-state index in [0.29, 0.717) is 13.0 Å². The van der Waals surface area contributed by atoms with Crippen molar-refractivity contribution in [2.75, 3.05) is 6.54 Å². The number of hydroxylamine groups is 1. The second kappa shape index (κ2) is 8.23. The zero-order valence-corrected chi connectivity index (χ0v) is 9.07. The van der Waals surface area contributed by atoms with Crippen LogP contribution in [-0.4, -0.2) is 19.1 Å². The average Bonchev–Trinajstić information content (AvgIpc) is 2.20. The number of halogens is 1. The minimum Gasteiger partial charge on any atom is -0.374 e. The number of hydrogen-bond acceptors (Lipinski definition) is 4. The van der Waals surface area contributed by atoms with E-state index in [4.69, 9.17) is 5.73 Å². The van der Waals surface area contributed by atoms with E-state index < -0.39 is 0 Å². The van der Waals surface area contributed by atoms with E-state index in [1.165, 1.54) is 5.56 Å². The minimum atomic E-state index is -0.0580. The monoisotopic (exact) mass is 230 g/mol. The first-order valence-electron chi connectivity index (χ1n) is 4.44. The standard InChI is InChI=1S/C10H14N2O2.ClH/c11-10(7-12-14-8-13)6-9-4-2-1-3-5-9;/h1-5,8,10,12H,6-7,11H2;1H. The molecule has 0 aliphatic heterocycles. The molecule has 0 aliphatic rings. The Morgan fingerprint density at radius 2 is 2.07 bits per heavy atom. The second-order valence-electron chi connectivity index (χ2n) is 3.01. The number of nitrogens with one attached hydrogen (secondary N) is 1. The molecule has 15 heavy (non-hydrogen) atoms. The zero-order valence-electron chi connectivity index (χ0n) is 8.26. The Hall–Kier alpha value is -1.10. The summed E-state index contributed by atoms with van der Waals surface area (Å²) in [5.74, 6) is 0. The van der Waals surface area contributed by atoms with Gasteiger partial charge in [-0.05, 0) is 12.0 Å². The van der Waals surface area contributed by atoms with E-state index in [2.05, 4.69) is 10.3 Å². The predicted octanol–water partition coefficient (Wildman–Crippen LogP) is 0.656. The van der Waals surface area contributed by atoms with Crippen LogP contribution in [0.15, 0.2) is 30.3 Å². The highest BCUT2D eigenvalue weighted by atomic mass is 35.5. The van der Waals surface area contributed by atoms with Gasteiger partial charge in [-0.15, -0.1) is 12.4 Å². The lowest BCUT2D eigenvalue weighted by Crippen LogP contribution is -2.35. The van der Waals surface area contributed by atoms with Gasteiger partial charge in [0.05, 0.1) is 0 Å². The van der Waals surface area contributed by atoms with Gasteiger partial charge < -0.3 is 10.6 Å². The molecule has 84 valence electrons. The van der Waals surface area contributed by atoms with Crippen molar-refractivity contribution >= 4 is 18.9 Å². The molecule has 0 aliphatic carbocycles. The topological polar surface area (TPSA) is 64.3 Å². The van der Waals surface area contributed by atoms with Crippen molar-refractivity contribution < 1.29 is 9.63 Å². The van der Waals surface area contributed by atoms with Gasteiger partial charge in [-0.25, -0.2) is 0 Å². The van der Waals surface area contributed by atoms with Crippen LogP contribution in [0.3, 0.4) is 0 Å². The molecule has 0 spiro atoms. The zero-order chi connectivity index (χ0) is 10.2. The summed E-state index contributed by atoms with van der Waals surface area (Å²) < 4.78 is 0. The third kappa shape index (κ3) is 6.06. The van der Waals surface area contributed by atoms with Gasteiger partial charge in [0, 0.05) is 12.6 Å². The lowest BCUT2D eigenvalue weighted by Gasteiger charge is -2.10. The second-order valence-corrected chi connectivity index (χ2v) is 3.01. The van der Waals surface area contributed by atoms with Crippen molar-refractivity contribution in [1.82, 2.24) is 5.48 Å². The summed E-state index contributed by atoms with van der Waals surface area (Å²) in [5, 5.41) is 0. The summed E-state index contributed by atoms with van der Waals surface area (Å²) in [5.41, 5.74) is 9.42. The molecule has 0 heterocycles. The number of nitrogens with two attached hydrogens (primary N) is 1. The van der Waals surface area contributed by atoms with E-state index in [1.807, 2.05) is 30.3 Å². The normalized spacial score (nSPS) is 11.3. The van der Waals surface area contributed by atoms with Crippen molar-refractivity contribution in [3.05, 3.63) is 35.9 Å². The Bertz CT molecular complexity index is 269. The van der Waals surface area contributed by atoms with Crippen LogP contribution in [0.2, 0.25) is 0 Å². The van der Waals surface area contributed by atoms with Crippen LogP contribution in [0.5, 0.6) is 0 Å². The summed E-state index contributed by atoms with van der Waals surface area (Å²) in [6.07, 6.45) is 0.760. The molecule has 1 rings (SSSR count). The third-order valence-electron chi connectivity index (χ3n) is 1.82. The molecule has 0 amide bonds. The van der Waals surface area contributed by atoms with Gasteiger partial charge in [-0.3, -0.25) is 4.79 Å². The van der Waals surface area contributed by atoms with E-state index in [1.54, 1.807) is 0 Å². The lowest BCUT2D eigenvalue weighted by atomic mass is 10.1. The van der Waals surface area contributed by atoms with E-state index >= 15 is 0 Å². The molecule has 4 nitrogen and oxygen atoms in total. The van der Waals surface area contributed by atoms with E-state index in [-0.39, 0.29) is 18.4 Å². The Balaban J connectivity index is 0.00000196. The van der Waals surface area contributed by atoms with Crippen LogP contribution in [-0.2, 0) is 16.1 Å². The van der Waals surface area contributed by atoms with E-state index in [9.17, 15) is 4.79 Å². The Kier molecular flexibility index (Phi) is 7.62. The number of benzene rings is 1. The third-order valence-corrected chi connectivity index (χ3v) is 1.82. The quantitative estimate of drug-likeness (QED) is 0.428. The van der Waals surface area contributed by atoms with Crippen molar-refractivity contribution in [3.8, 4) is 0 Å². The van der Waals surface area contributed by atoms with Gasteiger partial charge in [0.1, 0.15) is 0 Å². The number of carbonyl (C=O) groups excluding carboxylic acids is 1. The molecule has 0 radical (unpaired) electrons. The first kappa shape index (κ1) is 13.9. The van der Waals surface area contributed by atoms with Gasteiger partial charge in [0.25, 0.3) is 0 Å². The molecule has 0 aromatic heterocycles. The Labute approximate surface area is 95.2 Å². The predicted molar refractivity (Wildman–Crippen MR) is 60.5 cm³/mol. The molecular formula is C10H15ClN2O2. The Morgan fingerprint density at radius 1 is 1.40 bits per heavy atom.